The maximum absolute atomic E-state index is 12.4. The molecule has 0 aliphatic rings. The van der Waals surface area contributed by atoms with Crippen LogP contribution >= 0.6 is 0 Å². The lowest BCUT2D eigenvalue weighted by Gasteiger charge is -2.10. The molecule has 156 valence electrons. The molecule has 1 aromatic heterocycles. The lowest BCUT2D eigenvalue weighted by Crippen LogP contribution is -2.20. The normalized spacial score (nSPS) is 10.7. The minimum absolute atomic E-state index is 0.136. The topological polar surface area (TPSA) is 77.2 Å². The van der Waals surface area contributed by atoms with Crippen LogP contribution in [0.15, 0.2) is 71.3 Å². The van der Waals surface area contributed by atoms with Crippen molar-refractivity contribution in [2.24, 2.45) is 0 Å². The third-order valence-corrected chi connectivity index (χ3v) is 4.79. The zero-order chi connectivity index (χ0) is 21.8. The first-order valence-electron chi connectivity index (χ1n) is 9.99. The summed E-state index contributed by atoms with van der Waals surface area (Å²) in [6.45, 7) is 5.84. The van der Waals surface area contributed by atoms with E-state index < -0.39 is 0 Å². The minimum Gasteiger partial charge on any atom is -0.483 e. The van der Waals surface area contributed by atoms with Gasteiger partial charge in [0.2, 0.25) is 5.82 Å². The van der Waals surface area contributed by atoms with Gasteiger partial charge >= 0.3 is 0 Å². The maximum atomic E-state index is 12.4. The largest absolute Gasteiger partial charge is 0.483 e. The zero-order valence-corrected chi connectivity index (χ0v) is 17.7. The van der Waals surface area contributed by atoms with E-state index in [2.05, 4.69) is 21.5 Å². The number of hydrogen-bond donors (Lipinski definition) is 1. The molecular formula is C25H23N3O3. The van der Waals surface area contributed by atoms with Gasteiger partial charge in [0.05, 0.1) is 5.56 Å². The number of carbonyl (C=O) groups excluding carboxylic acids is 1. The van der Waals surface area contributed by atoms with Crippen LogP contribution in [0.4, 0.5) is 5.69 Å². The zero-order valence-electron chi connectivity index (χ0n) is 17.7. The average molecular weight is 413 g/mol. The van der Waals surface area contributed by atoms with E-state index >= 15 is 0 Å². The van der Waals surface area contributed by atoms with Gasteiger partial charge in [0.15, 0.2) is 6.61 Å². The number of ether oxygens (including phenoxy) is 1. The van der Waals surface area contributed by atoms with Gasteiger partial charge in [-0.15, -0.1) is 0 Å². The van der Waals surface area contributed by atoms with Crippen LogP contribution < -0.4 is 10.1 Å². The number of nitrogens with one attached hydrogen (secondary N) is 1. The van der Waals surface area contributed by atoms with Crippen molar-refractivity contribution >= 4 is 11.6 Å². The molecular weight excluding hydrogens is 390 g/mol. The lowest BCUT2D eigenvalue weighted by molar-refractivity contribution is -0.118. The van der Waals surface area contributed by atoms with Crippen LogP contribution in [0, 0.1) is 20.8 Å². The first kappa shape index (κ1) is 20.3. The third kappa shape index (κ3) is 4.80. The van der Waals surface area contributed by atoms with Gasteiger partial charge in [-0.05, 0) is 61.7 Å². The van der Waals surface area contributed by atoms with Crippen molar-refractivity contribution in [1.82, 2.24) is 10.1 Å². The predicted octanol–water partition coefficient (Wildman–Crippen LogP) is 5.35. The molecule has 3 aromatic carbocycles. The molecule has 0 saturated heterocycles. The van der Waals surface area contributed by atoms with E-state index in [0.29, 0.717) is 23.0 Å². The molecule has 0 atom stereocenters. The predicted molar refractivity (Wildman–Crippen MR) is 120 cm³/mol. The second-order valence-corrected chi connectivity index (χ2v) is 7.45. The number of benzene rings is 3. The second kappa shape index (κ2) is 8.83. The highest BCUT2D eigenvalue weighted by molar-refractivity contribution is 5.92. The fourth-order valence-electron chi connectivity index (χ4n) is 3.42. The number of rotatable bonds is 6. The standard InChI is InChI=1S/C25H23N3O3/c1-16-12-17(2)14-19(13-16)26-23(29)15-30-22-11-7-6-10-21(22)25-27-24(28-31-25)20-9-5-4-8-18(20)3/h4-14H,15H2,1-3H3,(H,26,29). The Morgan fingerprint density at radius 1 is 0.935 bits per heavy atom. The van der Waals surface area contributed by atoms with Gasteiger partial charge in [-0.1, -0.05) is 47.6 Å². The lowest BCUT2D eigenvalue weighted by atomic mass is 10.1. The fraction of sp³-hybridized carbons (Fsp3) is 0.160. The molecule has 0 aliphatic heterocycles. The van der Waals surface area contributed by atoms with Crippen LogP contribution in [-0.2, 0) is 4.79 Å². The van der Waals surface area contributed by atoms with E-state index in [4.69, 9.17) is 9.26 Å². The van der Waals surface area contributed by atoms with Crippen molar-refractivity contribution in [2.45, 2.75) is 20.8 Å². The first-order valence-corrected chi connectivity index (χ1v) is 9.99. The van der Waals surface area contributed by atoms with Crippen LogP contribution in [0.3, 0.4) is 0 Å². The van der Waals surface area contributed by atoms with Crippen molar-refractivity contribution in [2.75, 3.05) is 11.9 Å². The Morgan fingerprint density at radius 3 is 2.35 bits per heavy atom. The number of carbonyl (C=O) groups is 1. The summed E-state index contributed by atoms with van der Waals surface area (Å²) in [5.74, 6) is 1.10. The van der Waals surface area contributed by atoms with Crippen molar-refractivity contribution in [3.8, 4) is 28.6 Å². The minimum atomic E-state index is -0.245. The number of amides is 1. The Labute approximate surface area is 180 Å². The Kier molecular flexibility index (Phi) is 5.80. The summed E-state index contributed by atoms with van der Waals surface area (Å²) in [5.41, 5.74) is 5.52. The smallest absolute Gasteiger partial charge is 0.262 e. The number of nitrogens with zero attached hydrogens (tertiary/aromatic N) is 2. The van der Waals surface area contributed by atoms with Gasteiger partial charge in [-0.3, -0.25) is 4.79 Å². The molecule has 4 rings (SSSR count). The Morgan fingerprint density at radius 2 is 1.61 bits per heavy atom. The summed E-state index contributed by atoms with van der Waals surface area (Å²) < 4.78 is 11.3. The van der Waals surface area contributed by atoms with Crippen LogP contribution in [0.25, 0.3) is 22.8 Å². The summed E-state index contributed by atoms with van der Waals surface area (Å²) in [6, 6.07) is 21.0. The van der Waals surface area contributed by atoms with Crippen molar-refractivity contribution in [3.05, 3.63) is 83.4 Å². The van der Waals surface area contributed by atoms with Gasteiger partial charge < -0.3 is 14.6 Å². The molecule has 0 bridgehead atoms. The molecule has 4 aromatic rings. The van der Waals surface area contributed by atoms with Gasteiger partial charge in [0, 0.05) is 11.3 Å². The van der Waals surface area contributed by atoms with E-state index in [0.717, 1.165) is 27.9 Å². The van der Waals surface area contributed by atoms with E-state index in [1.54, 1.807) is 6.07 Å². The summed E-state index contributed by atoms with van der Waals surface area (Å²) in [6.07, 6.45) is 0. The van der Waals surface area contributed by atoms with Crippen LogP contribution in [0.1, 0.15) is 16.7 Å². The van der Waals surface area contributed by atoms with Gasteiger partial charge in [0.25, 0.3) is 11.8 Å². The van der Waals surface area contributed by atoms with E-state index in [-0.39, 0.29) is 12.5 Å². The molecule has 31 heavy (non-hydrogen) atoms. The molecule has 0 radical (unpaired) electrons. The van der Waals surface area contributed by atoms with Gasteiger partial charge in [-0.25, -0.2) is 0 Å². The molecule has 0 spiro atoms. The average Bonchev–Trinajstić information content (AvgIpc) is 3.22. The van der Waals surface area contributed by atoms with Crippen molar-refractivity contribution in [3.63, 3.8) is 0 Å². The number of para-hydroxylation sites is 1. The van der Waals surface area contributed by atoms with Crippen molar-refractivity contribution < 1.29 is 14.1 Å². The summed E-state index contributed by atoms with van der Waals surface area (Å²) in [5, 5.41) is 6.98. The number of aromatic nitrogens is 2. The Balaban J connectivity index is 1.49. The molecule has 0 aliphatic carbocycles. The van der Waals surface area contributed by atoms with Crippen LogP contribution in [0.2, 0.25) is 0 Å². The molecule has 0 saturated carbocycles. The number of aryl methyl sites for hydroxylation is 3. The highest BCUT2D eigenvalue weighted by Crippen LogP contribution is 2.30. The maximum Gasteiger partial charge on any atom is 0.262 e. The molecule has 1 N–H and O–H groups in total. The Bertz CT molecular complexity index is 1210. The molecule has 1 amide bonds. The number of anilines is 1. The molecule has 1 heterocycles. The second-order valence-electron chi connectivity index (χ2n) is 7.45. The Hall–Kier alpha value is -3.93. The summed E-state index contributed by atoms with van der Waals surface area (Å²) in [4.78, 5) is 16.9. The number of hydrogen-bond acceptors (Lipinski definition) is 5. The van der Waals surface area contributed by atoms with Crippen molar-refractivity contribution in [1.29, 1.82) is 0 Å². The molecule has 6 heteroatoms. The third-order valence-electron chi connectivity index (χ3n) is 4.79. The first-order chi connectivity index (χ1) is 15.0. The summed E-state index contributed by atoms with van der Waals surface area (Å²) >= 11 is 0. The van der Waals surface area contributed by atoms with Crippen LogP contribution in [0.5, 0.6) is 5.75 Å². The monoisotopic (exact) mass is 413 g/mol. The van der Waals surface area contributed by atoms with Gasteiger partial charge in [0.1, 0.15) is 5.75 Å². The highest BCUT2D eigenvalue weighted by Gasteiger charge is 2.16. The fourth-order valence-corrected chi connectivity index (χ4v) is 3.42. The van der Waals surface area contributed by atoms with Gasteiger partial charge in [-0.2, -0.15) is 4.98 Å². The van der Waals surface area contributed by atoms with E-state index in [1.807, 2.05) is 75.4 Å². The van der Waals surface area contributed by atoms with Crippen LogP contribution in [-0.4, -0.2) is 22.7 Å². The molecule has 0 fully saturated rings. The molecule has 6 nitrogen and oxygen atoms in total. The molecule has 0 unspecified atom stereocenters. The quantitative estimate of drug-likeness (QED) is 0.461. The van der Waals surface area contributed by atoms with E-state index in [1.165, 1.54) is 0 Å². The highest BCUT2D eigenvalue weighted by atomic mass is 16.5. The SMILES string of the molecule is Cc1cc(C)cc(NC(=O)COc2ccccc2-c2nc(-c3ccccc3C)no2)c1. The summed E-state index contributed by atoms with van der Waals surface area (Å²) in [7, 11) is 0. The van der Waals surface area contributed by atoms with E-state index in [9.17, 15) is 4.79 Å².